The van der Waals surface area contributed by atoms with Crippen LogP contribution in [-0.2, 0) is 6.54 Å². The fraction of sp³-hybridized carbons (Fsp3) is 0.556. The molecule has 0 amide bonds. The van der Waals surface area contributed by atoms with Crippen LogP contribution in [0.15, 0.2) is 6.20 Å². The number of hydrogen-bond donors (Lipinski definition) is 0. The Morgan fingerprint density at radius 1 is 1.71 bits per heavy atom. The molecule has 14 heavy (non-hydrogen) atoms. The van der Waals surface area contributed by atoms with Gasteiger partial charge in [0.2, 0.25) is 0 Å². The van der Waals surface area contributed by atoms with Crippen LogP contribution in [0.4, 0.5) is 0 Å². The van der Waals surface area contributed by atoms with Crippen LogP contribution in [0.25, 0.3) is 0 Å². The number of aromatic nitrogens is 1. The molecule has 1 rings (SSSR count). The van der Waals surface area contributed by atoms with Gasteiger partial charge >= 0.3 is 0 Å². The highest BCUT2D eigenvalue weighted by Crippen LogP contribution is 2.19. The summed E-state index contributed by atoms with van der Waals surface area (Å²) in [6.07, 6.45) is 2.36. The smallest absolute Gasteiger partial charge is 0.183 e. The second-order valence-corrected chi connectivity index (χ2v) is 4.55. The highest BCUT2D eigenvalue weighted by Gasteiger charge is 2.05. The Hall–Kier alpha value is -0.630. The maximum absolute atomic E-state index is 8.47. The SMILES string of the molecule is CCN(CCC#N)Cc1cnc(Cl)s1. The van der Waals surface area contributed by atoms with Crippen LogP contribution in [0.1, 0.15) is 18.2 Å². The Kier molecular flexibility index (Phi) is 4.88. The van der Waals surface area contributed by atoms with E-state index in [0.717, 1.165) is 24.5 Å². The lowest BCUT2D eigenvalue weighted by Gasteiger charge is -2.17. The molecule has 1 heterocycles. The molecular formula is C9H12ClN3S. The zero-order chi connectivity index (χ0) is 10.4. The molecule has 5 heteroatoms. The van der Waals surface area contributed by atoms with Crippen molar-refractivity contribution >= 4 is 22.9 Å². The molecule has 0 bridgehead atoms. The van der Waals surface area contributed by atoms with E-state index in [-0.39, 0.29) is 0 Å². The summed E-state index contributed by atoms with van der Waals surface area (Å²) in [4.78, 5) is 7.33. The molecule has 0 saturated carbocycles. The third-order valence-corrected chi connectivity index (χ3v) is 2.99. The van der Waals surface area contributed by atoms with Gasteiger partial charge in [-0.05, 0) is 6.54 Å². The number of nitriles is 1. The number of hydrogen-bond acceptors (Lipinski definition) is 4. The van der Waals surface area contributed by atoms with E-state index in [1.807, 2.05) is 0 Å². The van der Waals surface area contributed by atoms with Crippen molar-refractivity contribution < 1.29 is 0 Å². The van der Waals surface area contributed by atoms with Gasteiger partial charge in [0.15, 0.2) is 4.47 Å². The Balaban J connectivity index is 2.44. The minimum Gasteiger partial charge on any atom is -0.297 e. The molecule has 1 aromatic rings. The van der Waals surface area contributed by atoms with Gasteiger partial charge < -0.3 is 0 Å². The predicted molar refractivity (Wildman–Crippen MR) is 58.3 cm³/mol. The van der Waals surface area contributed by atoms with Gasteiger partial charge in [-0.1, -0.05) is 18.5 Å². The highest BCUT2D eigenvalue weighted by atomic mass is 35.5. The first-order chi connectivity index (χ1) is 6.76. The van der Waals surface area contributed by atoms with Gasteiger partial charge in [0, 0.05) is 30.6 Å². The van der Waals surface area contributed by atoms with Crippen molar-refractivity contribution in [1.82, 2.24) is 9.88 Å². The van der Waals surface area contributed by atoms with E-state index in [1.165, 1.54) is 11.3 Å². The third-order valence-electron chi connectivity index (χ3n) is 1.89. The van der Waals surface area contributed by atoms with Gasteiger partial charge in [-0.25, -0.2) is 4.98 Å². The van der Waals surface area contributed by atoms with E-state index in [4.69, 9.17) is 16.9 Å². The molecule has 0 unspecified atom stereocenters. The average Bonchev–Trinajstić information content (AvgIpc) is 2.58. The zero-order valence-corrected chi connectivity index (χ0v) is 9.61. The summed E-state index contributed by atoms with van der Waals surface area (Å²) >= 11 is 7.22. The lowest BCUT2D eigenvalue weighted by Crippen LogP contribution is -2.23. The first kappa shape index (κ1) is 11.4. The minimum absolute atomic E-state index is 0.570. The van der Waals surface area contributed by atoms with Gasteiger partial charge in [0.25, 0.3) is 0 Å². The molecule has 0 spiro atoms. The molecule has 0 aliphatic rings. The molecule has 0 saturated heterocycles. The van der Waals surface area contributed by atoms with Gasteiger partial charge in [-0.15, -0.1) is 11.3 Å². The second-order valence-electron chi connectivity index (χ2n) is 2.86. The van der Waals surface area contributed by atoms with E-state index in [0.29, 0.717) is 10.9 Å². The summed E-state index contributed by atoms with van der Waals surface area (Å²) in [5.41, 5.74) is 0. The Morgan fingerprint density at radius 2 is 2.50 bits per heavy atom. The lowest BCUT2D eigenvalue weighted by atomic mass is 10.4. The molecule has 0 aliphatic carbocycles. The molecule has 0 aliphatic heterocycles. The fourth-order valence-corrected chi connectivity index (χ4v) is 2.15. The molecular weight excluding hydrogens is 218 g/mol. The number of nitrogens with zero attached hydrogens (tertiary/aromatic N) is 3. The maximum Gasteiger partial charge on any atom is 0.183 e. The highest BCUT2D eigenvalue weighted by molar-refractivity contribution is 7.15. The summed E-state index contributed by atoms with van der Waals surface area (Å²) in [7, 11) is 0. The van der Waals surface area contributed by atoms with Crippen LogP contribution in [0.3, 0.4) is 0 Å². The van der Waals surface area contributed by atoms with Crippen LogP contribution in [0.5, 0.6) is 0 Å². The molecule has 76 valence electrons. The number of rotatable bonds is 5. The van der Waals surface area contributed by atoms with Crippen molar-refractivity contribution in [3.8, 4) is 6.07 Å². The summed E-state index contributed by atoms with van der Waals surface area (Å²) in [6, 6.07) is 2.14. The standard InChI is InChI=1S/C9H12ClN3S/c1-2-13(5-3-4-11)7-8-6-12-9(10)14-8/h6H,2-3,5,7H2,1H3. The Bertz CT molecular complexity index is 318. The van der Waals surface area contributed by atoms with Crippen molar-refractivity contribution in [2.75, 3.05) is 13.1 Å². The van der Waals surface area contributed by atoms with E-state index < -0.39 is 0 Å². The first-order valence-corrected chi connectivity index (χ1v) is 5.65. The van der Waals surface area contributed by atoms with Crippen molar-refractivity contribution in [2.45, 2.75) is 19.9 Å². The van der Waals surface area contributed by atoms with E-state index in [1.54, 1.807) is 6.20 Å². The fourth-order valence-electron chi connectivity index (χ4n) is 1.13. The molecule has 0 aromatic carbocycles. The topological polar surface area (TPSA) is 39.9 Å². The number of halogens is 1. The normalized spacial score (nSPS) is 10.4. The zero-order valence-electron chi connectivity index (χ0n) is 8.03. The van der Waals surface area contributed by atoms with Crippen molar-refractivity contribution in [3.05, 3.63) is 15.5 Å². The molecule has 0 atom stereocenters. The van der Waals surface area contributed by atoms with E-state index >= 15 is 0 Å². The Labute approximate surface area is 92.9 Å². The maximum atomic E-state index is 8.47. The number of thiazole rings is 1. The van der Waals surface area contributed by atoms with Crippen LogP contribution in [-0.4, -0.2) is 23.0 Å². The summed E-state index contributed by atoms with van der Waals surface area (Å²) in [5, 5.41) is 8.47. The Morgan fingerprint density at radius 3 is 3.00 bits per heavy atom. The summed E-state index contributed by atoms with van der Waals surface area (Å²) < 4.78 is 0.580. The van der Waals surface area contributed by atoms with Gasteiger partial charge in [0.05, 0.1) is 6.07 Å². The van der Waals surface area contributed by atoms with Crippen molar-refractivity contribution in [2.24, 2.45) is 0 Å². The summed E-state index contributed by atoms with van der Waals surface area (Å²) in [5.74, 6) is 0. The van der Waals surface area contributed by atoms with Crippen LogP contribution < -0.4 is 0 Å². The average molecular weight is 230 g/mol. The van der Waals surface area contributed by atoms with Gasteiger partial charge in [-0.3, -0.25) is 4.90 Å². The van der Waals surface area contributed by atoms with Crippen molar-refractivity contribution in [3.63, 3.8) is 0 Å². The first-order valence-electron chi connectivity index (χ1n) is 4.45. The van der Waals surface area contributed by atoms with Crippen LogP contribution in [0, 0.1) is 11.3 Å². The van der Waals surface area contributed by atoms with Crippen LogP contribution in [0.2, 0.25) is 4.47 Å². The minimum atomic E-state index is 0.570. The van der Waals surface area contributed by atoms with Gasteiger partial charge in [0.1, 0.15) is 0 Å². The quantitative estimate of drug-likeness (QED) is 0.779. The monoisotopic (exact) mass is 229 g/mol. The van der Waals surface area contributed by atoms with E-state index in [9.17, 15) is 0 Å². The lowest BCUT2D eigenvalue weighted by molar-refractivity contribution is 0.289. The van der Waals surface area contributed by atoms with E-state index in [2.05, 4.69) is 22.9 Å². The van der Waals surface area contributed by atoms with Crippen LogP contribution >= 0.6 is 22.9 Å². The molecule has 0 fully saturated rings. The largest absolute Gasteiger partial charge is 0.297 e. The summed E-state index contributed by atoms with van der Waals surface area (Å²) in [6.45, 7) is 4.67. The molecule has 3 nitrogen and oxygen atoms in total. The predicted octanol–water partition coefficient (Wildman–Crippen LogP) is 2.53. The second kappa shape index (κ2) is 5.97. The van der Waals surface area contributed by atoms with Gasteiger partial charge in [-0.2, -0.15) is 5.26 Å². The molecule has 0 radical (unpaired) electrons. The van der Waals surface area contributed by atoms with Crippen molar-refractivity contribution in [1.29, 1.82) is 5.26 Å². The molecule has 1 aromatic heterocycles. The molecule has 0 N–H and O–H groups in total. The third kappa shape index (κ3) is 3.62.